The quantitative estimate of drug-likeness (QED) is 0.0571. The molecule has 0 saturated carbocycles. The van der Waals surface area contributed by atoms with Gasteiger partial charge < -0.3 is 18.9 Å². The van der Waals surface area contributed by atoms with E-state index in [0.717, 1.165) is 23.9 Å². The standard InChI is InChI=1S/C27H56NO7P/c1-6-7-8-9-10-11-12-13-14-15-16-17-18-19-22-32-24-27(35-26(2)29)25-34-36(30,31)33-23-20-21-28(3,4)5/h27H,6-25H2,1-5H3/p+1. The number of rotatable bonds is 26. The summed E-state index contributed by atoms with van der Waals surface area (Å²) in [5, 5.41) is 0. The molecule has 2 atom stereocenters. The van der Waals surface area contributed by atoms with Gasteiger partial charge in [-0.25, -0.2) is 4.57 Å². The molecule has 0 aliphatic heterocycles. The van der Waals surface area contributed by atoms with Gasteiger partial charge in [-0.2, -0.15) is 0 Å². The summed E-state index contributed by atoms with van der Waals surface area (Å²) in [6.45, 7) is 4.92. The SMILES string of the molecule is CCCCCCCCCCCCCCCCOCC(COP(=O)(O)OCCC[N+](C)(C)C)OC(C)=O. The van der Waals surface area contributed by atoms with Crippen LogP contribution in [0, 0.1) is 0 Å². The largest absolute Gasteiger partial charge is 0.472 e. The Hall–Kier alpha value is -0.500. The van der Waals surface area contributed by atoms with Crippen molar-refractivity contribution < 1.29 is 37.3 Å². The maximum atomic E-state index is 12.1. The summed E-state index contributed by atoms with van der Waals surface area (Å²) in [6.07, 6.45) is 18.1. The highest BCUT2D eigenvalue weighted by molar-refractivity contribution is 7.47. The second-order valence-corrected chi connectivity index (χ2v) is 12.3. The van der Waals surface area contributed by atoms with Crippen molar-refractivity contribution in [2.24, 2.45) is 0 Å². The minimum Gasteiger partial charge on any atom is -0.458 e. The number of carbonyl (C=O) groups excluding carboxylic acids is 1. The van der Waals surface area contributed by atoms with Crippen LogP contribution in [0.5, 0.6) is 0 Å². The van der Waals surface area contributed by atoms with E-state index < -0.39 is 19.9 Å². The monoisotopic (exact) mass is 538 g/mol. The summed E-state index contributed by atoms with van der Waals surface area (Å²) < 4.78 is 33.7. The second kappa shape index (κ2) is 22.5. The van der Waals surface area contributed by atoms with Gasteiger partial charge in [-0.15, -0.1) is 0 Å². The first-order valence-corrected chi connectivity index (χ1v) is 15.7. The van der Waals surface area contributed by atoms with Crippen molar-refractivity contribution in [1.29, 1.82) is 0 Å². The molecule has 0 bridgehead atoms. The van der Waals surface area contributed by atoms with E-state index in [1.54, 1.807) is 0 Å². The molecule has 216 valence electrons. The molecule has 0 fully saturated rings. The Morgan fingerprint density at radius 2 is 1.25 bits per heavy atom. The highest BCUT2D eigenvalue weighted by atomic mass is 31.2. The number of phosphoric acid groups is 1. The fourth-order valence-corrected chi connectivity index (χ4v) is 4.69. The van der Waals surface area contributed by atoms with Crippen molar-refractivity contribution >= 4 is 13.8 Å². The van der Waals surface area contributed by atoms with Crippen LogP contribution in [0.3, 0.4) is 0 Å². The highest BCUT2D eigenvalue weighted by Gasteiger charge is 2.25. The number of hydrogen-bond acceptors (Lipinski definition) is 6. The summed E-state index contributed by atoms with van der Waals surface area (Å²) in [5.41, 5.74) is 0. The molecule has 0 spiro atoms. The Bertz CT molecular complexity index is 569. The van der Waals surface area contributed by atoms with Crippen molar-refractivity contribution in [2.75, 3.05) is 54.1 Å². The molecule has 0 rings (SSSR count). The Morgan fingerprint density at radius 1 is 0.750 bits per heavy atom. The zero-order chi connectivity index (χ0) is 27.1. The molecular formula is C27H57NO7P+. The molecule has 1 N–H and O–H groups in total. The van der Waals surface area contributed by atoms with Gasteiger partial charge in [-0.05, 0) is 6.42 Å². The fourth-order valence-electron chi connectivity index (χ4n) is 3.90. The molecule has 2 unspecified atom stereocenters. The molecular weight excluding hydrogens is 481 g/mol. The number of hydrogen-bond donors (Lipinski definition) is 1. The third kappa shape index (κ3) is 26.6. The number of phosphoric ester groups is 1. The van der Waals surface area contributed by atoms with E-state index in [0.29, 0.717) is 13.0 Å². The first-order chi connectivity index (χ1) is 17.1. The fraction of sp³-hybridized carbons (Fsp3) is 0.963. The van der Waals surface area contributed by atoms with Crippen LogP contribution in [0.15, 0.2) is 0 Å². The summed E-state index contributed by atoms with van der Waals surface area (Å²) in [5.74, 6) is -0.486. The lowest BCUT2D eigenvalue weighted by molar-refractivity contribution is -0.870. The van der Waals surface area contributed by atoms with E-state index in [9.17, 15) is 14.3 Å². The van der Waals surface area contributed by atoms with Crippen LogP contribution in [-0.2, 0) is 27.9 Å². The average Bonchev–Trinajstić information content (AvgIpc) is 2.79. The summed E-state index contributed by atoms with van der Waals surface area (Å²) in [7, 11) is 1.92. The minimum absolute atomic E-state index is 0.122. The third-order valence-corrected chi connectivity index (χ3v) is 6.91. The van der Waals surface area contributed by atoms with Gasteiger partial charge in [-0.1, -0.05) is 90.4 Å². The van der Waals surface area contributed by atoms with Crippen LogP contribution >= 0.6 is 7.82 Å². The number of nitrogens with zero attached hydrogens (tertiary/aromatic N) is 1. The maximum absolute atomic E-state index is 12.1. The zero-order valence-electron chi connectivity index (χ0n) is 24.0. The predicted molar refractivity (Wildman–Crippen MR) is 146 cm³/mol. The van der Waals surface area contributed by atoms with Crippen LogP contribution in [0.25, 0.3) is 0 Å². The van der Waals surface area contributed by atoms with Crippen molar-refractivity contribution in [2.45, 2.75) is 116 Å². The molecule has 0 aromatic rings. The molecule has 9 heteroatoms. The van der Waals surface area contributed by atoms with Gasteiger partial charge >= 0.3 is 13.8 Å². The Morgan fingerprint density at radius 3 is 1.72 bits per heavy atom. The maximum Gasteiger partial charge on any atom is 0.472 e. The molecule has 0 aromatic heterocycles. The zero-order valence-corrected chi connectivity index (χ0v) is 24.9. The lowest BCUT2D eigenvalue weighted by atomic mass is 10.0. The highest BCUT2D eigenvalue weighted by Crippen LogP contribution is 2.43. The van der Waals surface area contributed by atoms with E-state index in [2.05, 4.69) is 6.92 Å². The van der Waals surface area contributed by atoms with E-state index in [1.807, 2.05) is 21.1 Å². The summed E-state index contributed by atoms with van der Waals surface area (Å²) in [6, 6.07) is 0. The third-order valence-electron chi connectivity index (χ3n) is 5.93. The van der Waals surface area contributed by atoms with E-state index >= 15 is 0 Å². The number of esters is 1. The number of quaternary nitrogens is 1. The van der Waals surface area contributed by atoms with Gasteiger partial charge in [0.2, 0.25) is 0 Å². The molecule has 0 aliphatic carbocycles. The van der Waals surface area contributed by atoms with Gasteiger partial charge in [-0.3, -0.25) is 13.8 Å². The molecule has 0 heterocycles. The molecule has 0 radical (unpaired) electrons. The van der Waals surface area contributed by atoms with E-state index in [4.69, 9.17) is 18.5 Å². The van der Waals surface area contributed by atoms with Crippen LogP contribution in [-0.4, -0.2) is 75.6 Å². The molecule has 0 amide bonds. The van der Waals surface area contributed by atoms with Crippen LogP contribution in [0.1, 0.15) is 110 Å². The predicted octanol–water partition coefficient (Wildman–Crippen LogP) is 6.65. The van der Waals surface area contributed by atoms with Crippen molar-refractivity contribution in [3.05, 3.63) is 0 Å². The first-order valence-electron chi connectivity index (χ1n) is 14.2. The summed E-state index contributed by atoms with van der Waals surface area (Å²) in [4.78, 5) is 21.2. The van der Waals surface area contributed by atoms with Crippen LogP contribution in [0.4, 0.5) is 0 Å². The molecule has 8 nitrogen and oxygen atoms in total. The number of carbonyl (C=O) groups is 1. The lowest BCUT2D eigenvalue weighted by Crippen LogP contribution is -2.35. The van der Waals surface area contributed by atoms with Gasteiger partial charge in [0.25, 0.3) is 0 Å². The first kappa shape index (κ1) is 35.5. The Labute approximate surface area is 221 Å². The van der Waals surface area contributed by atoms with Gasteiger partial charge in [0.1, 0.15) is 6.10 Å². The Balaban J connectivity index is 3.79. The minimum atomic E-state index is -4.20. The van der Waals surface area contributed by atoms with Gasteiger partial charge in [0, 0.05) is 20.0 Å². The van der Waals surface area contributed by atoms with Crippen molar-refractivity contribution in [3.63, 3.8) is 0 Å². The van der Waals surface area contributed by atoms with Crippen molar-refractivity contribution in [3.8, 4) is 0 Å². The topological polar surface area (TPSA) is 91.3 Å². The lowest BCUT2D eigenvalue weighted by Gasteiger charge is -2.24. The van der Waals surface area contributed by atoms with Gasteiger partial charge in [0.15, 0.2) is 0 Å². The van der Waals surface area contributed by atoms with Gasteiger partial charge in [0.05, 0.1) is 47.5 Å². The molecule has 0 aromatic carbocycles. The van der Waals surface area contributed by atoms with Crippen LogP contribution < -0.4 is 0 Å². The normalized spacial score (nSPS) is 14.5. The van der Waals surface area contributed by atoms with E-state index in [1.165, 1.54) is 84.0 Å². The molecule has 36 heavy (non-hydrogen) atoms. The number of unbranched alkanes of at least 4 members (excludes halogenated alkanes) is 13. The van der Waals surface area contributed by atoms with E-state index in [-0.39, 0.29) is 19.8 Å². The Kier molecular flexibility index (Phi) is 22.2. The van der Waals surface area contributed by atoms with Crippen molar-refractivity contribution in [1.82, 2.24) is 0 Å². The average molecular weight is 539 g/mol. The van der Waals surface area contributed by atoms with Crippen LogP contribution in [0.2, 0.25) is 0 Å². The second-order valence-electron chi connectivity index (χ2n) is 10.9. The molecule has 0 aliphatic rings. The molecule has 0 saturated heterocycles. The number of ether oxygens (including phenoxy) is 2. The summed E-state index contributed by atoms with van der Waals surface area (Å²) >= 11 is 0. The smallest absolute Gasteiger partial charge is 0.458 e.